The quantitative estimate of drug-likeness (QED) is 0.665. The first-order valence-electron chi connectivity index (χ1n) is 8.69. The predicted octanol–water partition coefficient (Wildman–Crippen LogP) is 2.56. The van der Waals surface area contributed by atoms with Gasteiger partial charge >= 0.3 is 0 Å². The van der Waals surface area contributed by atoms with Crippen LogP contribution in [0.15, 0.2) is 60.4 Å². The Morgan fingerprint density at radius 3 is 2.81 bits per heavy atom. The SMILES string of the molecule is CN(CCc1cccs1)C(=O)[C@@H](N)Cc1cn(Cc2ccccc2)cn1. The van der Waals surface area contributed by atoms with Crippen molar-refractivity contribution in [3.8, 4) is 0 Å². The zero-order valence-corrected chi connectivity index (χ0v) is 15.7. The van der Waals surface area contributed by atoms with Crippen molar-refractivity contribution in [1.82, 2.24) is 14.5 Å². The molecule has 136 valence electrons. The molecule has 0 unspecified atom stereocenters. The van der Waals surface area contributed by atoms with Crippen molar-refractivity contribution in [2.75, 3.05) is 13.6 Å². The molecular formula is C20H24N4OS. The molecule has 0 saturated carbocycles. The molecule has 2 heterocycles. The van der Waals surface area contributed by atoms with E-state index in [9.17, 15) is 4.79 Å². The highest BCUT2D eigenvalue weighted by Crippen LogP contribution is 2.10. The zero-order valence-electron chi connectivity index (χ0n) is 14.9. The smallest absolute Gasteiger partial charge is 0.239 e. The maximum Gasteiger partial charge on any atom is 0.239 e. The first kappa shape index (κ1) is 18.4. The van der Waals surface area contributed by atoms with Crippen molar-refractivity contribution in [3.05, 3.63) is 76.5 Å². The van der Waals surface area contributed by atoms with Crippen LogP contribution in [0.5, 0.6) is 0 Å². The normalized spacial score (nSPS) is 12.1. The third-order valence-corrected chi connectivity index (χ3v) is 5.23. The molecule has 0 aliphatic rings. The summed E-state index contributed by atoms with van der Waals surface area (Å²) in [6, 6.07) is 13.8. The number of benzene rings is 1. The van der Waals surface area contributed by atoms with E-state index in [1.54, 1.807) is 22.6 Å². The van der Waals surface area contributed by atoms with E-state index < -0.39 is 6.04 Å². The lowest BCUT2D eigenvalue weighted by atomic mass is 10.1. The molecule has 5 nitrogen and oxygen atoms in total. The monoisotopic (exact) mass is 368 g/mol. The van der Waals surface area contributed by atoms with Crippen molar-refractivity contribution in [2.24, 2.45) is 5.73 Å². The lowest BCUT2D eigenvalue weighted by Crippen LogP contribution is -2.43. The molecule has 26 heavy (non-hydrogen) atoms. The maximum atomic E-state index is 12.5. The minimum Gasteiger partial charge on any atom is -0.344 e. The van der Waals surface area contributed by atoms with Crippen LogP contribution in [0.1, 0.15) is 16.1 Å². The molecule has 1 atom stereocenters. The van der Waals surface area contributed by atoms with E-state index in [1.165, 1.54) is 10.4 Å². The standard InChI is InChI=1S/C20H24N4OS/c1-23(10-9-18-8-5-11-26-18)20(25)19(21)12-17-14-24(15-22-17)13-16-6-3-2-4-7-16/h2-8,11,14-15,19H,9-10,12-13,21H2,1H3/t19-/m0/s1. The van der Waals surface area contributed by atoms with Crippen molar-refractivity contribution < 1.29 is 4.79 Å². The molecule has 0 radical (unpaired) electrons. The summed E-state index contributed by atoms with van der Waals surface area (Å²) in [6.45, 7) is 1.44. The van der Waals surface area contributed by atoms with Crippen LogP contribution in [0.4, 0.5) is 0 Å². The van der Waals surface area contributed by atoms with E-state index in [2.05, 4.69) is 28.6 Å². The predicted molar refractivity (Wildman–Crippen MR) is 105 cm³/mol. The van der Waals surface area contributed by atoms with Gasteiger partial charge in [0.1, 0.15) is 0 Å². The number of nitrogens with zero attached hydrogens (tertiary/aromatic N) is 3. The molecule has 3 rings (SSSR count). The average molecular weight is 369 g/mol. The van der Waals surface area contributed by atoms with Crippen LogP contribution in [0, 0.1) is 0 Å². The molecule has 2 N–H and O–H groups in total. The summed E-state index contributed by atoms with van der Waals surface area (Å²) < 4.78 is 2.02. The van der Waals surface area contributed by atoms with Gasteiger partial charge in [-0.15, -0.1) is 11.3 Å². The van der Waals surface area contributed by atoms with Crippen LogP contribution in [-0.4, -0.2) is 40.0 Å². The molecule has 0 aliphatic heterocycles. The highest BCUT2D eigenvalue weighted by atomic mass is 32.1. The number of carbonyl (C=O) groups excluding carboxylic acids is 1. The highest BCUT2D eigenvalue weighted by Gasteiger charge is 2.19. The molecule has 0 fully saturated rings. The number of aromatic nitrogens is 2. The van der Waals surface area contributed by atoms with Crippen LogP contribution in [0.2, 0.25) is 0 Å². The number of amides is 1. The third-order valence-electron chi connectivity index (χ3n) is 4.29. The Labute approximate surface area is 158 Å². The molecule has 1 aromatic carbocycles. The molecule has 0 bridgehead atoms. The zero-order chi connectivity index (χ0) is 18.4. The van der Waals surface area contributed by atoms with E-state index in [0.29, 0.717) is 13.0 Å². The van der Waals surface area contributed by atoms with E-state index >= 15 is 0 Å². The Hall–Kier alpha value is -2.44. The number of carbonyl (C=O) groups is 1. The van der Waals surface area contributed by atoms with Gasteiger partial charge in [0.05, 0.1) is 18.1 Å². The number of rotatable bonds is 8. The molecule has 0 saturated heterocycles. The van der Waals surface area contributed by atoms with Gasteiger partial charge in [0.2, 0.25) is 5.91 Å². The Kier molecular flexibility index (Phi) is 6.20. The lowest BCUT2D eigenvalue weighted by molar-refractivity contribution is -0.131. The summed E-state index contributed by atoms with van der Waals surface area (Å²) in [5.74, 6) is -0.0424. The summed E-state index contributed by atoms with van der Waals surface area (Å²) in [4.78, 5) is 19.9. The molecule has 0 spiro atoms. The van der Waals surface area contributed by atoms with Crippen molar-refractivity contribution in [3.63, 3.8) is 0 Å². The Morgan fingerprint density at radius 1 is 1.27 bits per heavy atom. The summed E-state index contributed by atoms with van der Waals surface area (Å²) in [5, 5.41) is 2.05. The molecule has 3 aromatic rings. The number of thiophene rings is 1. The van der Waals surface area contributed by atoms with Crippen LogP contribution in [-0.2, 0) is 24.2 Å². The van der Waals surface area contributed by atoms with Gasteiger partial charge in [-0.2, -0.15) is 0 Å². The number of hydrogen-bond acceptors (Lipinski definition) is 4. The van der Waals surface area contributed by atoms with Gasteiger partial charge in [-0.3, -0.25) is 4.79 Å². The van der Waals surface area contributed by atoms with Crippen LogP contribution in [0.3, 0.4) is 0 Å². The van der Waals surface area contributed by atoms with Gasteiger partial charge in [0.15, 0.2) is 0 Å². The van der Waals surface area contributed by atoms with E-state index in [1.807, 2.05) is 42.1 Å². The molecular weight excluding hydrogens is 344 g/mol. The van der Waals surface area contributed by atoms with Crippen LogP contribution >= 0.6 is 11.3 Å². The van der Waals surface area contributed by atoms with Gasteiger partial charge in [-0.25, -0.2) is 4.98 Å². The van der Waals surface area contributed by atoms with Crippen molar-refractivity contribution in [2.45, 2.75) is 25.4 Å². The van der Waals surface area contributed by atoms with Gasteiger partial charge in [0.25, 0.3) is 0 Å². The first-order valence-corrected chi connectivity index (χ1v) is 9.57. The Balaban J connectivity index is 1.50. The van der Waals surface area contributed by atoms with Gasteiger partial charge in [-0.1, -0.05) is 36.4 Å². The Morgan fingerprint density at radius 2 is 2.08 bits per heavy atom. The van der Waals surface area contributed by atoms with Crippen molar-refractivity contribution in [1.29, 1.82) is 0 Å². The third kappa shape index (κ3) is 5.03. The molecule has 2 aromatic heterocycles. The molecule has 1 amide bonds. The fraction of sp³-hybridized carbons (Fsp3) is 0.300. The Bertz CT molecular complexity index is 813. The van der Waals surface area contributed by atoms with Gasteiger partial charge < -0.3 is 15.2 Å². The summed E-state index contributed by atoms with van der Waals surface area (Å²) in [6.07, 6.45) is 5.06. The maximum absolute atomic E-state index is 12.5. The minimum atomic E-state index is -0.566. The van der Waals surface area contributed by atoms with Crippen molar-refractivity contribution >= 4 is 17.2 Å². The lowest BCUT2D eigenvalue weighted by Gasteiger charge is -2.20. The summed E-state index contributed by atoms with van der Waals surface area (Å²) in [7, 11) is 1.81. The molecule has 0 aliphatic carbocycles. The van der Waals surface area contributed by atoms with Crippen LogP contribution < -0.4 is 5.73 Å². The summed E-state index contributed by atoms with van der Waals surface area (Å²) >= 11 is 1.71. The number of imidazole rings is 1. The fourth-order valence-corrected chi connectivity index (χ4v) is 3.53. The minimum absolute atomic E-state index is 0.0424. The molecule has 6 heteroatoms. The second-order valence-corrected chi connectivity index (χ2v) is 7.45. The van der Waals surface area contributed by atoms with E-state index in [0.717, 1.165) is 18.7 Å². The first-order chi connectivity index (χ1) is 12.6. The second kappa shape index (κ2) is 8.78. The second-order valence-electron chi connectivity index (χ2n) is 6.42. The van der Waals surface area contributed by atoms with E-state index in [4.69, 9.17) is 5.73 Å². The summed E-state index contributed by atoms with van der Waals surface area (Å²) in [5.41, 5.74) is 8.18. The number of hydrogen-bond donors (Lipinski definition) is 1. The van der Waals surface area contributed by atoms with Gasteiger partial charge in [-0.05, 0) is 23.4 Å². The average Bonchev–Trinajstić information content (AvgIpc) is 3.32. The number of likely N-dealkylation sites (N-methyl/N-ethyl adjacent to an activating group) is 1. The van der Waals surface area contributed by atoms with Crippen LogP contribution in [0.25, 0.3) is 0 Å². The fourth-order valence-electron chi connectivity index (χ4n) is 2.83. The highest BCUT2D eigenvalue weighted by molar-refractivity contribution is 7.09. The topological polar surface area (TPSA) is 64.2 Å². The van der Waals surface area contributed by atoms with E-state index in [-0.39, 0.29) is 5.91 Å². The number of nitrogens with two attached hydrogens (primary N) is 1. The largest absolute Gasteiger partial charge is 0.344 e. The van der Waals surface area contributed by atoms with Gasteiger partial charge in [0, 0.05) is 37.6 Å².